The van der Waals surface area contributed by atoms with Crippen molar-refractivity contribution in [2.75, 3.05) is 7.11 Å². The van der Waals surface area contributed by atoms with Gasteiger partial charge in [-0.3, -0.25) is 0 Å². The normalized spacial score (nSPS) is 12.8. The highest BCUT2D eigenvalue weighted by Gasteiger charge is 2.13. The molecule has 0 amide bonds. The fourth-order valence-electron chi connectivity index (χ4n) is 2.30. The third-order valence-electron chi connectivity index (χ3n) is 3.81. The summed E-state index contributed by atoms with van der Waals surface area (Å²) in [6.07, 6.45) is 3.07. The molecule has 0 heterocycles. The van der Waals surface area contributed by atoms with Crippen molar-refractivity contribution in [2.24, 2.45) is 11.7 Å². The minimum absolute atomic E-state index is 0.271. The fraction of sp³-hybridized carbons (Fsp3) is 0.625. The number of rotatable bonds is 6. The molecule has 1 aromatic rings. The van der Waals surface area contributed by atoms with Crippen molar-refractivity contribution in [2.45, 2.75) is 53.0 Å². The van der Waals surface area contributed by atoms with E-state index in [2.05, 4.69) is 20.8 Å². The van der Waals surface area contributed by atoms with Crippen molar-refractivity contribution in [3.8, 4) is 5.75 Å². The van der Waals surface area contributed by atoms with Gasteiger partial charge in [0, 0.05) is 11.1 Å². The molecule has 0 aliphatic heterocycles. The van der Waals surface area contributed by atoms with E-state index in [0.717, 1.165) is 41.2 Å². The molecule has 0 fully saturated rings. The lowest BCUT2D eigenvalue weighted by molar-refractivity contribution is 0.405. The molecule has 108 valence electrons. The van der Waals surface area contributed by atoms with E-state index in [-0.39, 0.29) is 6.04 Å². The van der Waals surface area contributed by atoms with Crippen LogP contribution >= 0.6 is 11.6 Å². The molecule has 0 aliphatic rings. The molecule has 0 aromatic heterocycles. The van der Waals surface area contributed by atoms with Gasteiger partial charge < -0.3 is 10.5 Å². The minimum atomic E-state index is 0.271. The Bertz CT molecular complexity index is 429. The summed E-state index contributed by atoms with van der Waals surface area (Å²) in [7, 11) is 1.71. The number of halogens is 1. The van der Waals surface area contributed by atoms with Crippen LogP contribution in [-0.4, -0.2) is 13.2 Å². The third kappa shape index (κ3) is 4.12. The molecule has 0 spiro atoms. The maximum absolute atomic E-state index is 6.32. The maximum atomic E-state index is 6.32. The molecule has 0 saturated heterocycles. The highest BCUT2D eigenvalue weighted by Crippen LogP contribution is 2.32. The topological polar surface area (TPSA) is 35.2 Å². The highest BCUT2D eigenvalue weighted by atomic mass is 35.5. The monoisotopic (exact) mass is 283 g/mol. The van der Waals surface area contributed by atoms with E-state index in [9.17, 15) is 0 Å². The van der Waals surface area contributed by atoms with Crippen LogP contribution in [0.1, 0.15) is 43.4 Å². The van der Waals surface area contributed by atoms with Gasteiger partial charge >= 0.3 is 0 Å². The van der Waals surface area contributed by atoms with Crippen molar-refractivity contribution in [1.82, 2.24) is 0 Å². The molecule has 1 rings (SSSR count). The number of benzene rings is 1. The van der Waals surface area contributed by atoms with Gasteiger partial charge in [-0.05, 0) is 61.8 Å². The van der Waals surface area contributed by atoms with Gasteiger partial charge in [-0.1, -0.05) is 25.4 Å². The summed E-state index contributed by atoms with van der Waals surface area (Å²) in [6.45, 7) is 8.41. The Morgan fingerprint density at radius 3 is 2.47 bits per heavy atom. The number of hydrogen-bond donors (Lipinski definition) is 1. The first kappa shape index (κ1) is 16.3. The number of methoxy groups -OCH3 is 1. The summed E-state index contributed by atoms with van der Waals surface area (Å²) in [4.78, 5) is 0. The summed E-state index contributed by atoms with van der Waals surface area (Å²) < 4.78 is 5.48. The summed E-state index contributed by atoms with van der Waals surface area (Å²) in [5.41, 5.74) is 9.51. The van der Waals surface area contributed by atoms with Crippen molar-refractivity contribution >= 4 is 11.6 Å². The second-order valence-corrected chi connectivity index (χ2v) is 5.99. The van der Waals surface area contributed by atoms with Crippen LogP contribution in [0, 0.1) is 19.8 Å². The Balaban J connectivity index is 2.80. The second-order valence-electron chi connectivity index (χ2n) is 5.61. The molecule has 1 atom stereocenters. The molecule has 0 radical (unpaired) electrons. The molecular formula is C16H26ClNO. The van der Waals surface area contributed by atoms with Crippen LogP contribution in [0.25, 0.3) is 0 Å². The van der Waals surface area contributed by atoms with E-state index >= 15 is 0 Å². The predicted octanol–water partition coefficient (Wildman–Crippen LogP) is 4.27. The average Bonchev–Trinajstić information content (AvgIpc) is 2.37. The van der Waals surface area contributed by atoms with E-state index in [1.807, 2.05) is 13.0 Å². The number of hydrogen-bond acceptors (Lipinski definition) is 2. The first-order valence-electron chi connectivity index (χ1n) is 6.96. The average molecular weight is 284 g/mol. The van der Waals surface area contributed by atoms with Crippen molar-refractivity contribution < 1.29 is 4.74 Å². The van der Waals surface area contributed by atoms with Crippen LogP contribution < -0.4 is 10.5 Å². The van der Waals surface area contributed by atoms with Crippen LogP contribution in [0.15, 0.2) is 6.07 Å². The molecule has 0 aliphatic carbocycles. The van der Waals surface area contributed by atoms with Gasteiger partial charge in [0.2, 0.25) is 0 Å². The maximum Gasteiger partial charge on any atom is 0.122 e. The minimum Gasteiger partial charge on any atom is -0.496 e. The van der Waals surface area contributed by atoms with Crippen molar-refractivity contribution in [3.05, 3.63) is 27.8 Å². The molecule has 1 aromatic carbocycles. The second kappa shape index (κ2) is 7.16. The zero-order valence-corrected chi connectivity index (χ0v) is 13.5. The van der Waals surface area contributed by atoms with Gasteiger partial charge in [0.1, 0.15) is 5.75 Å². The number of aryl methyl sites for hydroxylation is 1. The molecule has 3 heteroatoms. The van der Waals surface area contributed by atoms with Gasteiger partial charge in [-0.15, -0.1) is 0 Å². The van der Waals surface area contributed by atoms with Crippen LogP contribution in [0.4, 0.5) is 0 Å². The van der Waals surface area contributed by atoms with Crippen LogP contribution in [0.2, 0.25) is 5.02 Å². The lowest BCUT2D eigenvalue weighted by Crippen LogP contribution is -2.26. The van der Waals surface area contributed by atoms with E-state index < -0.39 is 0 Å². The van der Waals surface area contributed by atoms with E-state index in [1.165, 1.54) is 5.56 Å². The first-order chi connectivity index (χ1) is 8.88. The quantitative estimate of drug-likeness (QED) is 0.846. The van der Waals surface area contributed by atoms with Crippen molar-refractivity contribution in [1.29, 1.82) is 0 Å². The van der Waals surface area contributed by atoms with Gasteiger partial charge in [0.15, 0.2) is 0 Å². The predicted molar refractivity (Wildman–Crippen MR) is 83.2 cm³/mol. The largest absolute Gasteiger partial charge is 0.496 e. The summed E-state index contributed by atoms with van der Waals surface area (Å²) >= 11 is 6.32. The number of ether oxygens (including phenoxy) is 1. The van der Waals surface area contributed by atoms with Gasteiger partial charge in [0.25, 0.3) is 0 Å². The summed E-state index contributed by atoms with van der Waals surface area (Å²) in [5.74, 6) is 1.47. The molecule has 0 saturated carbocycles. The summed E-state index contributed by atoms with van der Waals surface area (Å²) in [6, 6.07) is 2.29. The first-order valence-corrected chi connectivity index (χ1v) is 7.34. The van der Waals surface area contributed by atoms with Gasteiger partial charge in [-0.2, -0.15) is 0 Å². The third-order valence-corrected chi connectivity index (χ3v) is 4.40. The molecule has 1 unspecified atom stereocenters. The van der Waals surface area contributed by atoms with Gasteiger partial charge in [0.05, 0.1) is 7.11 Å². The zero-order chi connectivity index (χ0) is 14.6. The Labute approximate surface area is 122 Å². The zero-order valence-electron chi connectivity index (χ0n) is 12.7. The number of nitrogens with two attached hydrogens (primary N) is 1. The van der Waals surface area contributed by atoms with Crippen LogP contribution in [-0.2, 0) is 6.42 Å². The van der Waals surface area contributed by atoms with Crippen LogP contribution in [0.5, 0.6) is 5.75 Å². The Kier molecular flexibility index (Phi) is 6.15. The van der Waals surface area contributed by atoms with E-state index in [1.54, 1.807) is 7.11 Å². The molecule has 0 bridgehead atoms. The van der Waals surface area contributed by atoms with E-state index in [4.69, 9.17) is 22.1 Å². The van der Waals surface area contributed by atoms with Gasteiger partial charge in [-0.25, -0.2) is 0 Å². The van der Waals surface area contributed by atoms with Crippen LogP contribution in [0.3, 0.4) is 0 Å². The van der Waals surface area contributed by atoms with E-state index in [0.29, 0.717) is 5.92 Å². The Hall–Kier alpha value is -0.730. The van der Waals surface area contributed by atoms with Crippen molar-refractivity contribution in [3.63, 3.8) is 0 Å². The molecule has 19 heavy (non-hydrogen) atoms. The highest BCUT2D eigenvalue weighted by molar-refractivity contribution is 6.32. The Morgan fingerprint density at radius 2 is 1.95 bits per heavy atom. The smallest absolute Gasteiger partial charge is 0.122 e. The standard InChI is InChI=1S/C16H26ClNO/c1-10(2)14(18)8-6-7-13-12(4)16(17)11(3)9-15(13)19-5/h9-10,14H,6-8,18H2,1-5H3. The fourth-order valence-corrected chi connectivity index (χ4v) is 2.47. The Morgan fingerprint density at radius 1 is 1.32 bits per heavy atom. The molecular weight excluding hydrogens is 258 g/mol. The lowest BCUT2D eigenvalue weighted by atomic mass is 9.95. The SMILES string of the molecule is COc1cc(C)c(Cl)c(C)c1CCCC(N)C(C)C. The lowest BCUT2D eigenvalue weighted by Gasteiger charge is -2.18. The summed E-state index contributed by atoms with van der Waals surface area (Å²) in [5, 5.41) is 0.851. The molecule has 2 N–H and O–H groups in total. The molecule has 2 nitrogen and oxygen atoms in total.